The van der Waals surface area contributed by atoms with Gasteiger partial charge in [-0.3, -0.25) is 0 Å². The Balaban J connectivity index is 1.68. The SMILES string of the molecule is c1ccc(Nc2nnc(-c3csc4ccccc34)o2)cc1. The van der Waals surface area contributed by atoms with E-state index in [4.69, 9.17) is 4.42 Å². The Kier molecular flexibility index (Phi) is 2.90. The predicted molar refractivity (Wildman–Crippen MR) is 84.8 cm³/mol. The van der Waals surface area contributed by atoms with Crippen molar-refractivity contribution in [3.63, 3.8) is 0 Å². The summed E-state index contributed by atoms with van der Waals surface area (Å²) in [7, 11) is 0. The Morgan fingerprint density at radius 2 is 1.71 bits per heavy atom. The molecule has 4 nitrogen and oxygen atoms in total. The van der Waals surface area contributed by atoms with Crippen molar-refractivity contribution in [3.05, 3.63) is 60.0 Å². The first kappa shape index (κ1) is 12.1. The lowest BCUT2D eigenvalue weighted by Crippen LogP contribution is -1.88. The van der Waals surface area contributed by atoms with Crippen molar-refractivity contribution in [2.24, 2.45) is 0 Å². The van der Waals surface area contributed by atoms with Crippen LogP contribution < -0.4 is 5.32 Å². The fourth-order valence-electron chi connectivity index (χ4n) is 2.17. The second-order valence-electron chi connectivity index (χ2n) is 4.55. The van der Waals surface area contributed by atoms with Crippen molar-refractivity contribution < 1.29 is 4.42 Å². The topological polar surface area (TPSA) is 51.0 Å². The van der Waals surface area contributed by atoms with E-state index < -0.39 is 0 Å². The second-order valence-corrected chi connectivity index (χ2v) is 5.46. The first-order valence-electron chi connectivity index (χ1n) is 6.52. The maximum absolute atomic E-state index is 5.71. The van der Waals surface area contributed by atoms with E-state index in [1.165, 1.54) is 4.70 Å². The van der Waals surface area contributed by atoms with E-state index >= 15 is 0 Å². The average Bonchev–Trinajstić information content (AvgIpc) is 3.14. The van der Waals surface area contributed by atoms with Crippen LogP contribution in [0.1, 0.15) is 0 Å². The number of hydrogen-bond donors (Lipinski definition) is 1. The van der Waals surface area contributed by atoms with Gasteiger partial charge in [-0.1, -0.05) is 41.5 Å². The number of thiophene rings is 1. The Morgan fingerprint density at radius 1 is 0.905 bits per heavy atom. The zero-order valence-corrected chi connectivity index (χ0v) is 11.8. The van der Waals surface area contributed by atoms with Gasteiger partial charge in [-0.05, 0) is 18.2 Å². The van der Waals surface area contributed by atoms with Crippen molar-refractivity contribution in [2.75, 3.05) is 5.32 Å². The zero-order chi connectivity index (χ0) is 14.1. The molecule has 0 unspecified atom stereocenters. The summed E-state index contributed by atoms with van der Waals surface area (Å²) < 4.78 is 6.92. The molecule has 0 saturated carbocycles. The van der Waals surface area contributed by atoms with Crippen LogP contribution >= 0.6 is 11.3 Å². The maximum Gasteiger partial charge on any atom is 0.320 e. The monoisotopic (exact) mass is 293 g/mol. The number of fused-ring (bicyclic) bond motifs is 1. The molecule has 5 heteroatoms. The van der Waals surface area contributed by atoms with Crippen LogP contribution in [0.25, 0.3) is 21.5 Å². The number of aromatic nitrogens is 2. The number of nitrogens with zero attached hydrogens (tertiary/aromatic N) is 2. The number of benzene rings is 2. The summed E-state index contributed by atoms with van der Waals surface area (Å²) in [5.74, 6) is 0.533. The fourth-order valence-corrected chi connectivity index (χ4v) is 3.11. The minimum atomic E-state index is 0.395. The van der Waals surface area contributed by atoms with E-state index in [0.717, 1.165) is 16.6 Å². The Hall–Kier alpha value is -2.66. The highest BCUT2D eigenvalue weighted by Gasteiger charge is 2.13. The van der Waals surface area contributed by atoms with Gasteiger partial charge in [0.05, 0.1) is 5.56 Å². The fraction of sp³-hybridized carbons (Fsp3) is 0. The van der Waals surface area contributed by atoms with Gasteiger partial charge in [0.15, 0.2) is 0 Å². The average molecular weight is 293 g/mol. The minimum absolute atomic E-state index is 0.395. The third-order valence-electron chi connectivity index (χ3n) is 3.16. The lowest BCUT2D eigenvalue weighted by Gasteiger charge is -1.98. The van der Waals surface area contributed by atoms with Gasteiger partial charge in [0, 0.05) is 21.2 Å². The molecule has 2 aromatic heterocycles. The molecule has 1 N–H and O–H groups in total. The molecule has 4 aromatic rings. The molecular formula is C16H11N3OS. The molecule has 0 aliphatic rings. The molecule has 0 spiro atoms. The van der Waals surface area contributed by atoms with E-state index in [-0.39, 0.29) is 0 Å². The van der Waals surface area contributed by atoms with Gasteiger partial charge < -0.3 is 9.73 Å². The van der Waals surface area contributed by atoms with Crippen LogP contribution in [0.2, 0.25) is 0 Å². The van der Waals surface area contributed by atoms with E-state index in [9.17, 15) is 0 Å². The lowest BCUT2D eigenvalue weighted by atomic mass is 10.2. The van der Waals surface area contributed by atoms with Crippen LogP contribution in [0.3, 0.4) is 0 Å². The molecule has 0 aliphatic carbocycles. The van der Waals surface area contributed by atoms with E-state index in [1.54, 1.807) is 11.3 Å². The van der Waals surface area contributed by atoms with Crippen LogP contribution in [-0.2, 0) is 0 Å². The quantitative estimate of drug-likeness (QED) is 0.595. The standard InChI is InChI=1S/C16H11N3OS/c1-2-6-11(7-3-1)17-16-19-18-15(20-16)13-10-21-14-9-5-4-8-12(13)14/h1-10H,(H,17,19). The van der Waals surface area contributed by atoms with Gasteiger partial charge >= 0.3 is 6.01 Å². The summed E-state index contributed by atoms with van der Waals surface area (Å²) >= 11 is 1.67. The Bertz CT molecular complexity index is 883. The molecule has 0 saturated heterocycles. The normalized spacial score (nSPS) is 10.9. The highest BCUT2D eigenvalue weighted by molar-refractivity contribution is 7.17. The van der Waals surface area contributed by atoms with E-state index in [1.807, 2.05) is 47.8 Å². The second kappa shape index (κ2) is 5.03. The van der Waals surface area contributed by atoms with Crippen molar-refractivity contribution in [1.82, 2.24) is 10.2 Å². The molecule has 0 amide bonds. The number of para-hydroxylation sites is 1. The molecule has 0 radical (unpaired) electrons. The first-order chi connectivity index (χ1) is 10.4. The molecule has 0 aliphatic heterocycles. The van der Waals surface area contributed by atoms with E-state index in [0.29, 0.717) is 11.9 Å². The largest absolute Gasteiger partial charge is 0.403 e. The zero-order valence-electron chi connectivity index (χ0n) is 11.0. The lowest BCUT2D eigenvalue weighted by molar-refractivity contribution is 0.588. The van der Waals surface area contributed by atoms with Crippen LogP contribution in [0.5, 0.6) is 0 Å². The van der Waals surface area contributed by atoms with Gasteiger partial charge in [-0.15, -0.1) is 16.4 Å². The van der Waals surface area contributed by atoms with Crippen LogP contribution in [-0.4, -0.2) is 10.2 Å². The molecule has 2 aromatic carbocycles. The summed E-state index contributed by atoms with van der Waals surface area (Å²) in [5.41, 5.74) is 1.90. The molecule has 0 bridgehead atoms. The summed E-state index contributed by atoms with van der Waals surface area (Å²) in [6, 6.07) is 18.3. The first-order valence-corrected chi connectivity index (χ1v) is 7.40. The van der Waals surface area contributed by atoms with Crippen LogP contribution in [0.15, 0.2) is 64.4 Å². The number of hydrogen-bond acceptors (Lipinski definition) is 5. The molecule has 4 rings (SSSR count). The Morgan fingerprint density at radius 3 is 2.62 bits per heavy atom. The van der Waals surface area contributed by atoms with Gasteiger partial charge in [0.1, 0.15) is 0 Å². The van der Waals surface area contributed by atoms with E-state index in [2.05, 4.69) is 27.6 Å². The summed E-state index contributed by atoms with van der Waals surface area (Å²) in [6.07, 6.45) is 0. The molecule has 0 atom stereocenters. The van der Waals surface area contributed by atoms with Crippen LogP contribution in [0, 0.1) is 0 Å². The number of nitrogens with one attached hydrogen (secondary N) is 1. The predicted octanol–water partition coefficient (Wildman–Crippen LogP) is 4.69. The summed E-state index contributed by atoms with van der Waals surface area (Å²) in [5, 5.41) is 14.5. The van der Waals surface area contributed by atoms with Crippen molar-refractivity contribution in [1.29, 1.82) is 0 Å². The van der Waals surface area contributed by atoms with Gasteiger partial charge in [-0.25, -0.2) is 0 Å². The number of anilines is 2. The summed E-state index contributed by atoms with van der Waals surface area (Å²) in [6.45, 7) is 0. The highest BCUT2D eigenvalue weighted by Crippen LogP contribution is 2.33. The van der Waals surface area contributed by atoms with Gasteiger partial charge in [-0.2, -0.15) is 0 Å². The third-order valence-corrected chi connectivity index (χ3v) is 4.12. The van der Waals surface area contributed by atoms with Gasteiger partial charge in [0.2, 0.25) is 0 Å². The minimum Gasteiger partial charge on any atom is -0.403 e. The van der Waals surface area contributed by atoms with Crippen molar-refractivity contribution in [2.45, 2.75) is 0 Å². The molecule has 0 fully saturated rings. The summed E-state index contributed by atoms with van der Waals surface area (Å²) in [4.78, 5) is 0. The maximum atomic E-state index is 5.71. The van der Waals surface area contributed by atoms with Crippen molar-refractivity contribution in [3.8, 4) is 11.5 Å². The highest BCUT2D eigenvalue weighted by atomic mass is 32.1. The molecule has 21 heavy (non-hydrogen) atoms. The smallest absolute Gasteiger partial charge is 0.320 e. The molecule has 102 valence electrons. The Labute approximate surface area is 125 Å². The van der Waals surface area contributed by atoms with Crippen molar-refractivity contribution >= 4 is 33.1 Å². The third kappa shape index (κ3) is 2.28. The molecular weight excluding hydrogens is 282 g/mol. The number of rotatable bonds is 3. The van der Waals surface area contributed by atoms with Gasteiger partial charge in [0.25, 0.3) is 5.89 Å². The van der Waals surface area contributed by atoms with Crippen LogP contribution in [0.4, 0.5) is 11.7 Å². The molecule has 2 heterocycles.